The summed E-state index contributed by atoms with van der Waals surface area (Å²) in [7, 11) is 4.38. The zero-order valence-corrected chi connectivity index (χ0v) is 13.7. The van der Waals surface area contributed by atoms with Gasteiger partial charge < -0.3 is 9.47 Å². The summed E-state index contributed by atoms with van der Waals surface area (Å²) in [6.07, 6.45) is 0.111. The molecule has 0 spiro atoms. The van der Waals surface area contributed by atoms with Crippen LogP contribution >= 0.6 is 0 Å². The van der Waals surface area contributed by atoms with Crippen LogP contribution < -0.4 is 4.74 Å². The maximum absolute atomic E-state index is 5.95. The Morgan fingerprint density at radius 3 is 2.09 bits per heavy atom. The Labute approximate surface area is 133 Å². The third-order valence-electron chi connectivity index (χ3n) is 3.87. The lowest BCUT2D eigenvalue weighted by atomic mass is 10.2. The van der Waals surface area contributed by atoms with Crippen molar-refractivity contribution < 1.29 is 14.0 Å². The first-order chi connectivity index (χ1) is 10.6. The first-order valence-corrected chi connectivity index (χ1v) is 7.74. The Morgan fingerprint density at radius 2 is 1.45 bits per heavy atom. The van der Waals surface area contributed by atoms with E-state index in [0.717, 1.165) is 16.8 Å². The number of para-hydroxylation sites is 1. The highest BCUT2D eigenvalue weighted by atomic mass is 16.5. The van der Waals surface area contributed by atoms with E-state index in [9.17, 15) is 0 Å². The van der Waals surface area contributed by atoms with Gasteiger partial charge in [-0.2, -0.15) is 0 Å². The number of benzene rings is 2. The molecule has 2 aromatic carbocycles. The van der Waals surface area contributed by atoms with Crippen molar-refractivity contribution in [1.29, 1.82) is 0 Å². The number of hydrogen-bond acceptors (Lipinski definition) is 2. The second kappa shape index (κ2) is 7.97. The number of ether oxygens (including phenoxy) is 2. The largest absolute Gasteiger partial charge is 0.491 e. The van der Waals surface area contributed by atoms with Crippen molar-refractivity contribution in [3.8, 4) is 5.75 Å². The molecule has 118 valence electrons. The minimum Gasteiger partial charge on any atom is -0.491 e. The van der Waals surface area contributed by atoms with Crippen molar-refractivity contribution in [1.82, 2.24) is 0 Å². The van der Waals surface area contributed by atoms with Crippen LogP contribution in [0.4, 0.5) is 0 Å². The first kappa shape index (κ1) is 16.5. The van der Waals surface area contributed by atoms with Crippen LogP contribution in [0, 0.1) is 0 Å². The molecular formula is C19H26NO2+. The normalized spacial score (nSPS) is 12.9. The summed E-state index contributed by atoms with van der Waals surface area (Å²) >= 11 is 0. The Hall–Kier alpha value is -1.84. The molecule has 0 aliphatic heterocycles. The van der Waals surface area contributed by atoms with Crippen molar-refractivity contribution >= 4 is 0 Å². The third kappa shape index (κ3) is 5.17. The van der Waals surface area contributed by atoms with Gasteiger partial charge in [-0.3, -0.25) is 4.48 Å². The van der Waals surface area contributed by atoms with E-state index in [4.69, 9.17) is 9.47 Å². The molecule has 0 aliphatic carbocycles. The zero-order chi connectivity index (χ0) is 15.8. The molecule has 0 aliphatic rings. The minimum absolute atomic E-state index is 0.111. The van der Waals surface area contributed by atoms with Gasteiger partial charge in [-0.25, -0.2) is 0 Å². The smallest absolute Gasteiger partial charge is 0.190 e. The standard InChI is InChI=1S/C19H26NO2/c1-17(20(2,3)16-18-10-6-4-7-11-18)21-14-15-22-19-12-8-5-9-13-19/h4-13,17H,14-16H2,1-3H3/q+1. The SMILES string of the molecule is CC(OCCOc1ccccc1)[N+](C)(C)Cc1ccccc1. The summed E-state index contributed by atoms with van der Waals surface area (Å²) in [6.45, 7) is 4.22. The Morgan fingerprint density at radius 1 is 0.864 bits per heavy atom. The van der Waals surface area contributed by atoms with Crippen LogP contribution in [-0.4, -0.2) is 38.0 Å². The fourth-order valence-electron chi connectivity index (χ4n) is 2.28. The van der Waals surface area contributed by atoms with Crippen molar-refractivity contribution in [2.24, 2.45) is 0 Å². The number of nitrogens with zero attached hydrogens (tertiary/aromatic N) is 1. The lowest BCUT2D eigenvalue weighted by molar-refractivity contribution is -0.947. The topological polar surface area (TPSA) is 18.5 Å². The highest BCUT2D eigenvalue weighted by molar-refractivity contribution is 5.20. The van der Waals surface area contributed by atoms with E-state index in [1.54, 1.807) is 0 Å². The summed E-state index contributed by atoms with van der Waals surface area (Å²) in [5.74, 6) is 0.886. The molecule has 0 aromatic heterocycles. The monoisotopic (exact) mass is 300 g/mol. The minimum atomic E-state index is 0.111. The molecule has 0 amide bonds. The van der Waals surface area contributed by atoms with E-state index in [-0.39, 0.29) is 6.23 Å². The summed E-state index contributed by atoms with van der Waals surface area (Å²) < 4.78 is 12.4. The number of hydrogen-bond donors (Lipinski definition) is 0. The van der Waals surface area contributed by atoms with E-state index in [1.165, 1.54) is 5.56 Å². The maximum Gasteiger partial charge on any atom is 0.190 e. The number of rotatable bonds is 8. The molecular weight excluding hydrogens is 274 g/mol. The highest BCUT2D eigenvalue weighted by Gasteiger charge is 2.24. The zero-order valence-electron chi connectivity index (χ0n) is 13.7. The van der Waals surface area contributed by atoms with Crippen LogP contribution in [0.15, 0.2) is 60.7 Å². The van der Waals surface area contributed by atoms with Crippen LogP contribution in [-0.2, 0) is 11.3 Å². The van der Waals surface area contributed by atoms with Gasteiger partial charge in [0, 0.05) is 12.5 Å². The molecule has 22 heavy (non-hydrogen) atoms. The molecule has 1 unspecified atom stereocenters. The van der Waals surface area contributed by atoms with Crippen LogP contribution in [0.3, 0.4) is 0 Å². The Bertz CT molecular complexity index is 540. The van der Waals surface area contributed by atoms with Crippen LogP contribution in [0.2, 0.25) is 0 Å². The van der Waals surface area contributed by atoms with Crippen molar-refractivity contribution in [2.45, 2.75) is 19.7 Å². The molecule has 2 rings (SSSR count). The molecule has 0 N–H and O–H groups in total. The maximum atomic E-state index is 5.95. The average molecular weight is 300 g/mol. The van der Waals surface area contributed by atoms with E-state index in [2.05, 4.69) is 45.3 Å². The quantitative estimate of drug-likeness (QED) is 0.420. The molecule has 0 saturated carbocycles. The van der Waals surface area contributed by atoms with Crippen LogP contribution in [0.5, 0.6) is 5.75 Å². The van der Waals surface area contributed by atoms with Gasteiger partial charge in [0.1, 0.15) is 18.9 Å². The highest BCUT2D eigenvalue weighted by Crippen LogP contribution is 2.15. The van der Waals surface area contributed by atoms with Gasteiger partial charge in [0.15, 0.2) is 6.23 Å². The van der Waals surface area contributed by atoms with Crippen molar-refractivity contribution in [3.63, 3.8) is 0 Å². The predicted molar refractivity (Wildman–Crippen MR) is 89.6 cm³/mol. The van der Waals surface area contributed by atoms with Gasteiger partial charge in [-0.1, -0.05) is 48.5 Å². The van der Waals surface area contributed by atoms with E-state index >= 15 is 0 Å². The predicted octanol–water partition coefficient (Wildman–Crippen LogP) is 3.70. The lowest BCUT2D eigenvalue weighted by Crippen LogP contribution is -2.48. The third-order valence-corrected chi connectivity index (χ3v) is 3.87. The molecule has 3 nitrogen and oxygen atoms in total. The van der Waals surface area contributed by atoms with Crippen LogP contribution in [0.1, 0.15) is 12.5 Å². The number of quaternary nitrogens is 1. The van der Waals surface area contributed by atoms with Gasteiger partial charge in [-0.15, -0.1) is 0 Å². The molecule has 1 atom stereocenters. The Kier molecular flexibility index (Phi) is 5.99. The van der Waals surface area contributed by atoms with Crippen LogP contribution in [0.25, 0.3) is 0 Å². The molecule has 0 fully saturated rings. The van der Waals surface area contributed by atoms with Crippen molar-refractivity contribution in [2.75, 3.05) is 27.3 Å². The summed E-state index contributed by atoms with van der Waals surface area (Å²) in [5.41, 5.74) is 1.32. The van der Waals surface area contributed by atoms with Gasteiger partial charge >= 0.3 is 0 Å². The molecule has 0 saturated heterocycles. The van der Waals surface area contributed by atoms with E-state index in [1.807, 2.05) is 36.4 Å². The summed E-state index contributed by atoms with van der Waals surface area (Å²) in [6, 6.07) is 20.4. The lowest BCUT2D eigenvalue weighted by Gasteiger charge is -2.35. The average Bonchev–Trinajstić information content (AvgIpc) is 2.53. The molecule has 3 heteroatoms. The molecule has 0 bridgehead atoms. The Balaban J connectivity index is 1.74. The van der Waals surface area contributed by atoms with E-state index in [0.29, 0.717) is 13.2 Å². The second-order valence-corrected chi connectivity index (χ2v) is 6.05. The molecule has 0 radical (unpaired) electrons. The van der Waals surface area contributed by atoms with Gasteiger partial charge in [-0.05, 0) is 12.1 Å². The fourth-order valence-corrected chi connectivity index (χ4v) is 2.28. The van der Waals surface area contributed by atoms with Gasteiger partial charge in [0.25, 0.3) is 0 Å². The molecule has 2 aromatic rings. The van der Waals surface area contributed by atoms with Crippen molar-refractivity contribution in [3.05, 3.63) is 66.2 Å². The first-order valence-electron chi connectivity index (χ1n) is 7.74. The molecule has 0 heterocycles. The van der Waals surface area contributed by atoms with Gasteiger partial charge in [0.05, 0.1) is 20.7 Å². The summed E-state index contributed by atoms with van der Waals surface area (Å²) in [4.78, 5) is 0. The fraction of sp³-hybridized carbons (Fsp3) is 0.368. The summed E-state index contributed by atoms with van der Waals surface area (Å²) in [5, 5.41) is 0. The van der Waals surface area contributed by atoms with Gasteiger partial charge in [0.2, 0.25) is 0 Å². The van der Waals surface area contributed by atoms with E-state index < -0.39 is 0 Å². The second-order valence-electron chi connectivity index (χ2n) is 6.05.